The van der Waals surface area contributed by atoms with Crippen LogP contribution in [0.4, 0.5) is 0 Å². The Morgan fingerprint density at radius 1 is 1.60 bits per heavy atom. The van der Waals surface area contributed by atoms with Gasteiger partial charge in [0.1, 0.15) is 0 Å². The van der Waals surface area contributed by atoms with Crippen LogP contribution in [-0.2, 0) is 10.3 Å². The van der Waals surface area contributed by atoms with E-state index in [2.05, 4.69) is 15.3 Å². The first kappa shape index (κ1) is 9.08. The van der Waals surface area contributed by atoms with Crippen LogP contribution in [0.1, 0.15) is 0 Å². The predicted molar refractivity (Wildman–Crippen MR) is 34.3 cm³/mol. The maximum atomic E-state index is 8.97. The van der Waals surface area contributed by atoms with Crippen molar-refractivity contribution in [2.45, 2.75) is 0 Å². The monoisotopic (exact) mass is 165 g/mol. The van der Waals surface area contributed by atoms with Gasteiger partial charge in [-0.15, -0.1) is 0 Å². The molecule has 0 fully saturated rings. The van der Waals surface area contributed by atoms with Gasteiger partial charge in [-0.05, 0) is 6.07 Å². The molecule has 0 aliphatic carbocycles. The molecular weight excluding hydrogens is 158 g/mol. The summed E-state index contributed by atoms with van der Waals surface area (Å²) < 4.78 is 25.2. The van der Waals surface area contributed by atoms with Crippen molar-refractivity contribution in [2.75, 3.05) is 0 Å². The third-order valence-corrected chi connectivity index (χ3v) is 0.406. The van der Waals surface area contributed by atoms with Crippen molar-refractivity contribution in [3.8, 4) is 0 Å². The van der Waals surface area contributed by atoms with Gasteiger partial charge in [0.05, 0.1) is 0 Å². The van der Waals surface area contributed by atoms with Crippen LogP contribution in [0.25, 0.3) is 0 Å². The van der Waals surface area contributed by atoms with Gasteiger partial charge in [-0.25, -0.2) is 5.14 Å². The lowest BCUT2D eigenvalue weighted by Crippen LogP contribution is -2.08. The highest BCUT2D eigenvalue weighted by Crippen LogP contribution is 1.64. The second-order valence-electron chi connectivity index (χ2n) is 1.28. The summed E-state index contributed by atoms with van der Waals surface area (Å²) in [4.78, 5) is 0. The van der Waals surface area contributed by atoms with E-state index in [0.717, 1.165) is 0 Å². The molecule has 1 rings (SSSR count). The van der Waals surface area contributed by atoms with Crippen molar-refractivity contribution in [3.63, 3.8) is 0 Å². The molecule has 58 valence electrons. The molecule has 0 aliphatic rings. The summed E-state index contributed by atoms with van der Waals surface area (Å²) in [5.74, 6) is 0. The molecule has 0 saturated heterocycles. The fourth-order valence-corrected chi connectivity index (χ4v) is 0.215. The van der Waals surface area contributed by atoms with Crippen LogP contribution >= 0.6 is 0 Å². The van der Waals surface area contributed by atoms with Crippen molar-refractivity contribution in [2.24, 2.45) is 5.14 Å². The minimum atomic E-state index is -4.17. The number of nitrogens with one attached hydrogen (secondary N) is 1. The van der Waals surface area contributed by atoms with Crippen LogP contribution in [0, 0.1) is 0 Å². The van der Waals surface area contributed by atoms with Crippen LogP contribution in [0.5, 0.6) is 0 Å². The minimum Gasteiger partial charge on any atom is -0.286 e. The zero-order valence-electron chi connectivity index (χ0n) is 4.93. The van der Waals surface area contributed by atoms with E-state index in [1.807, 2.05) is 6.07 Å². The third-order valence-electron chi connectivity index (χ3n) is 0.406. The van der Waals surface area contributed by atoms with Crippen LogP contribution in [-0.4, -0.2) is 23.2 Å². The lowest BCUT2D eigenvalue weighted by Gasteiger charge is -1.70. The fraction of sp³-hybridized carbons (Fsp3) is 0. The van der Waals surface area contributed by atoms with Crippen molar-refractivity contribution < 1.29 is 13.0 Å². The Balaban J connectivity index is 0.000000162. The predicted octanol–water partition coefficient (Wildman–Crippen LogP) is -0.842. The third kappa shape index (κ3) is 15.7. The standard InChI is InChI=1S/C3H4N2.H3NO3S/c1-2-4-5-3-1;1-5(2,3)4/h1-3H,(H,4,5);(H3,1,2,3,4). The first-order valence-electron chi connectivity index (χ1n) is 2.19. The van der Waals surface area contributed by atoms with Gasteiger partial charge in [-0.2, -0.15) is 13.5 Å². The number of aromatic nitrogens is 2. The van der Waals surface area contributed by atoms with E-state index in [9.17, 15) is 0 Å². The molecule has 0 aromatic carbocycles. The Morgan fingerprint density at radius 2 is 2.10 bits per heavy atom. The zero-order chi connectivity index (χ0) is 8.04. The normalized spacial score (nSPS) is 9.80. The molecule has 6 nitrogen and oxygen atoms in total. The summed E-state index contributed by atoms with van der Waals surface area (Å²) in [6.07, 6.45) is 3.46. The summed E-state index contributed by atoms with van der Waals surface area (Å²) in [5, 5.41) is 10.1. The van der Waals surface area contributed by atoms with Gasteiger partial charge in [-0.3, -0.25) is 9.65 Å². The second-order valence-corrected chi connectivity index (χ2v) is 2.31. The topological polar surface area (TPSA) is 109 Å². The van der Waals surface area contributed by atoms with Gasteiger partial charge in [0.25, 0.3) is 0 Å². The van der Waals surface area contributed by atoms with Gasteiger partial charge >= 0.3 is 10.3 Å². The van der Waals surface area contributed by atoms with E-state index in [4.69, 9.17) is 13.0 Å². The number of hydrogen-bond donors (Lipinski definition) is 3. The van der Waals surface area contributed by atoms with Crippen LogP contribution in [0.15, 0.2) is 18.5 Å². The van der Waals surface area contributed by atoms with Crippen LogP contribution in [0.2, 0.25) is 0 Å². The number of hydrogen-bond acceptors (Lipinski definition) is 3. The van der Waals surface area contributed by atoms with Gasteiger partial charge in [0.2, 0.25) is 0 Å². The lowest BCUT2D eigenvalue weighted by atomic mass is 10.8. The number of nitrogens with two attached hydrogens (primary N) is 1. The van der Waals surface area contributed by atoms with Gasteiger partial charge < -0.3 is 0 Å². The first-order valence-corrected chi connectivity index (χ1v) is 3.69. The summed E-state index contributed by atoms with van der Waals surface area (Å²) in [6, 6.07) is 1.83. The molecule has 1 aromatic rings. The van der Waals surface area contributed by atoms with Crippen molar-refractivity contribution >= 4 is 10.3 Å². The maximum absolute atomic E-state index is 8.97. The molecule has 0 bridgehead atoms. The number of H-pyrrole nitrogens is 1. The molecule has 0 aliphatic heterocycles. The van der Waals surface area contributed by atoms with E-state index in [1.54, 1.807) is 12.4 Å². The van der Waals surface area contributed by atoms with E-state index < -0.39 is 10.3 Å². The van der Waals surface area contributed by atoms with Crippen molar-refractivity contribution in [1.29, 1.82) is 0 Å². The van der Waals surface area contributed by atoms with E-state index in [0.29, 0.717) is 0 Å². The quantitative estimate of drug-likeness (QED) is 0.435. The molecule has 1 aromatic heterocycles. The number of nitrogens with zero attached hydrogens (tertiary/aromatic N) is 1. The number of rotatable bonds is 0. The van der Waals surface area contributed by atoms with Crippen molar-refractivity contribution in [3.05, 3.63) is 18.5 Å². The summed E-state index contributed by atoms with van der Waals surface area (Å²) in [7, 11) is -4.17. The fourth-order valence-electron chi connectivity index (χ4n) is 0.215. The van der Waals surface area contributed by atoms with Gasteiger partial charge in [0, 0.05) is 12.4 Å². The zero-order valence-corrected chi connectivity index (χ0v) is 5.75. The van der Waals surface area contributed by atoms with Gasteiger partial charge in [0.15, 0.2) is 0 Å². The Hall–Kier alpha value is -0.920. The Bertz CT molecular complexity index is 215. The first-order chi connectivity index (χ1) is 4.50. The highest BCUT2D eigenvalue weighted by molar-refractivity contribution is 7.83. The SMILES string of the molecule is NS(=O)(=O)O.c1cn[nH]c1. The van der Waals surface area contributed by atoms with Crippen molar-refractivity contribution in [1.82, 2.24) is 10.2 Å². The highest BCUT2D eigenvalue weighted by atomic mass is 32.2. The molecular formula is C3H7N3O3S. The Morgan fingerprint density at radius 3 is 2.20 bits per heavy atom. The molecule has 0 radical (unpaired) electrons. The molecule has 0 atom stereocenters. The molecule has 7 heteroatoms. The molecule has 4 N–H and O–H groups in total. The highest BCUT2D eigenvalue weighted by Gasteiger charge is 1.81. The second kappa shape index (κ2) is 3.99. The Labute approximate surface area is 57.9 Å². The lowest BCUT2D eigenvalue weighted by molar-refractivity contribution is 0.485. The molecule has 0 saturated carbocycles. The number of aromatic amines is 1. The molecule has 0 spiro atoms. The molecule has 0 amide bonds. The molecule has 1 heterocycles. The van der Waals surface area contributed by atoms with Gasteiger partial charge in [-0.1, -0.05) is 0 Å². The molecule has 10 heavy (non-hydrogen) atoms. The maximum Gasteiger partial charge on any atom is 0.330 e. The summed E-state index contributed by atoms with van der Waals surface area (Å²) in [5.41, 5.74) is 0. The Kier molecular flexibility index (Phi) is 3.62. The van der Waals surface area contributed by atoms with Crippen LogP contribution < -0.4 is 5.14 Å². The van der Waals surface area contributed by atoms with E-state index in [-0.39, 0.29) is 0 Å². The largest absolute Gasteiger partial charge is 0.330 e. The van der Waals surface area contributed by atoms with E-state index in [1.165, 1.54) is 0 Å². The average molecular weight is 165 g/mol. The average Bonchev–Trinajstić information content (AvgIpc) is 2.07. The minimum absolute atomic E-state index is 1.69. The summed E-state index contributed by atoms with van der Waals surface area (Å²) in [6.45, 7) is 0. The van der Waals surface area contributed by atoms with E-state index >= 15 is 0 Å². The molecule has 0 unspecified atom stereocenters. The van der Waals surface area contributed by atoms with Crippen LogP contribution in [0.3, 0.4) is 0 Å². The smallest absolute Gasteiger partial charge is 0.286 e. The summed E-state index contributed by atoms with van der Waals surface area (Å²) >= 11 is 0.